The van der Waals surface area contributed by atoms with Crippen molar-refractivity contribution < 1.29 is 19.2 Å². The first kappa shape index (κ1) is 23.7. The summed E-state index contributed by atoms with van der Waals surface area (Å²) in [7, 11) is 0. The Hall–Kier alpha value is -4.65. The van der Waals surface area contributed by atoms with Crippen molar-refractivity contribution in [3.63, 3.8) is 0 Å². The number of nitrogens with zero attached hydrogens (tertiary/aromatic N) is 2. The van der Waals surface area contributed by atoms with Crippen molar-refractivity contribution in [3.05, 3.63) is 118 Å². The van der Waals surface area contributed by atoms with E-state index in [9.17, 15) is 14.9 Å². The van der Waals surface area contributed by atoms with E-state index in [1.807, 2.05) is 66.7 Å². The Morgan fingerprint density at radius 1 is 1.00 bits per heavy atom. The van der Waals surface area contributed by atoms with Gasteiger partial charge in [0, 0.05) is 23.4 Å². The number of carbonyl (C=O) groups excluding carboxylic acids is 1. The highest BCUT2D eigenvalue weighted by atomic mass is 16.6. The van der Waals surface area contributed by atoms with Crippen molar-refractivity contribution in [3.8, 4) is 5.75 Å². The van der Waals surface area contributed by atoms with Crippen molar-refractivity contribution in [2.45, 2.75) is 25.0 Å². The number of anilines is 1. The van der Waals surface area contributed by atoms with Crippen LogP contribution in [0.25, 0.3) is 16.8 Å². The van der Waals surface area contributed by atoms with Crippen molar-refractivity contribution in [2.24, 2.45) is 0 Å². The first-order valence-corrected chi connectivity index (χ1v) is 12.5. The van der Waals surface area contributed by atoms with Crippen LogP contribution in [0.5, 0.6) is 5.75 Å². The molecule has 190 valence electrons. The van der Waals surface area contributed by atoms with Gasteiger partial charge in [0.2, 0.25) is 5.72 Å². The van der Waals surface area contributed by atoms with E-state index in [1.54, 1.807) is 12.1 Å². The number of hydrogen-bond acceptors (Lipinski definition) is 6. The molecule has 4 aromatic rings. The molecule has 1 atom stereocenters. The van der Waals surface area contributed by atoms with E-state index in [1.165, 1.54) is 12.1 Å². The molecule has 1 spiro atoms. The quantitative estimate of drug-likeness (QED) is 0.174. The zero-order valence-electron chi connectivity index (χ0n) is 21.1. The van der Waals surface area contributed by atoms with Gasteiger partial charge in [-0.15, -0.1) is 0 Å². The molecule has 7 heteroatoms. The number of rotatable bonds is 5. The van der Waals surface area contributed by atoms with E-state index in [2.05, 4.69) is 24.8 Å². The van der Waals surface area contributed by atoms with Crippen molar-refractivity contribution in [1.29, 1.82) is 0 Å². The van der Waals surface area contributed by atoms with Crippen molar-refractivity contribution in [2.75, 3.05) is 18.1 Å². The van der Waals surface area contributed by atoms with E-state index in [0.717, 1.165) is 22.0 Å². The molecular formula is C31H26N2O5. The topological polar surface area (TPSA) is 81.9 Å². The highest BCUT2D eigenvalue weighted by Crippen LogP contribution is 2.54. The molecule has 0 N–H and O–H groups in total. The van der Waals surface area contributed by atoms with Crippen LogP contribution in [0.1, 0.15) is 35.3 Å². The zero-order valence-corrected chi connectivity index (χ0v) is 21.1. The summed E-state index contributed by atoms with van der Waals surface area (Å²) in [4.78, 5) is 26.1. The molecule has 0 radical (unpaired) electrons. The molecule has 0 aliphatic carbocycles. The fourth-order valence-electron chi connectivity index (χ4n) is 5.70. The smallest absolute Gasteiger partial charge is 0.338 e. The molecular weight excluding hydrogens is 480 g/mol. The van der Waals surface area contributed by atoms with Gasteiger partial charge < -0.3 is 14.4 Å². The Balaban J connectivity index is 1.31. The second-order valence-corrected chi connectivity index (χ2v) is 10.1. The lowest BCUT2D eigenvalue weighted by Gasteiger charge is -2.47. The Kier molecular flexibility index (Phi) is 5.45. The Labute approximate surface area is 220 Å². The average Bonchev–Trinajstić information content (AvgIpc) is 3.10. The van der Waals surface area contributed by atoms with Crippen LogP contribution in [-0.4, -0.2) is 29.8 Å². The van der Waals surface area contributed by atoms with E-state index < -0.39 is 16.1 Å². The van der Waals surface area contributed by atoms with Crippen LogP contribution < -0.4 is 9.64 Å². The molecule has 7 nitrogen and oxygen atoms in total. The molecule has 2 aliphatic rings. The highest BCUT2D eigenvalue weighted by Gasteiger charge is 2.58. The maximum atomic E-state index is 13.1. The molecule has 2 heterocycles. The minimum absolute atomic E-state index is 0.0131. The first-order chi connectivity index (χ1) is 18.3. The maximum absolute atomic E-state index is 13.1. The zero-order chi connectivity index (χ0) is 26.5. The molecule has 0 saturated heterocycles. The van der Waals surface area contributed by atoms with Crippen LogP contribution >= 0.6 is 0 Å². The Bertz CT molecular complexity index is 1620. The number of esters is 1. The third kappa shape index (κ3) is 3.54. The molecule has 38 heavy (non-hydrogen) atoms. The van der Waals surface area contributed by atoms with Gasteiger partial charge in [-0.1, -0.05) is 54.6 Å². The van der Waals surface area contributed by atoms with Gasteiger partial charge in [0.25, 0.3) is 5.69 Å². The summed E-state index contributed by atoms with van der Waals surface area (Å²) >= 11 is 0. The lowest BCUT2D eigenvalue weighted by Crippen LogP contribution is -2.60. The van der Waals surface area contributed by atoms with Gasteiger partial charge in [0.1, 0.15) is 12.4 Å². The van der Waals surface area contributed by atoms with Gasteiger partial charge >= 0.3 is 5.97 Å². The van der Waals surface area contributed by atoms with Gasteiger partial charge in [0.15, 0.2) is 0 Å². The largest absolute Gasteiger partial charge is 0.463 e. The predicted molar refractivity (Wildman–Crippen MR) is 147 cm³/mol. The van der Waals surface area contributed by atoms with E-state index in [0.29, 0.717) is 23.4 Å². The summed E-state index contributed by atoms with van der Waals surface area (Å²) in [6.45, 7) is 4.78. The predicted octanol–water partition coefficient (Wildman–Crippen LogP) is 6.50. The molecule has 2 aliphatic heterocycles. The van der Waals surface area contributed by atoms with E-state index >= 15 is 0 Å². The number of carbonyl (C=O) groups is 1. The number of ether oxygens (including phenoxy) is 2. The fraction of sp³-hybridized carbons (Fsp3) is 0.194. The number of nitro groups is 1. The third-order valence-corrected chi connectivity index (χ3v) is 7.68. The highest BCUT2D eigenvalue weighted by molar-refractivity contribution is 6.04. The average molecular weight is 507 g/mol. The molecule has 0 bridgehead atoms. The summed E-state index contributed by atoms with van der Waals surface area (Å²) in [6.07, 6.45) is 3.85. The SMILES string of the molecule is CC1(C)c2ccccc2N(CCOC(=O)c2cccc3ccccc23)C12C=Cc1cc([N+](=O)[O-])ccc1O2. The van der Waals surface area contributed by atoms with Gasteiger partial charge in [-0.2, -0.15) is 0 Å². The molecule has 0 fully saturated rings. The Morgan fingerprint density at radius 2 is 1.76 bits per heavy atom. The van der Waals surface area contributed by atoms with E-state index in [4.69, 9.17) is 9.47 Å². The minimum Gasteiger partial charge on any atom is -0.463 e. The maximum Gasteiger partial charge on any atom is 0.338 e. The number of non-ortho nitro benzene ring substituents is 1. The van der Waals surface area contributed by atoms with Gasteiger partial charge in [-0.25, -0.2) is 4.79 Å². The van der Waals surface area contributed by atoms with Crippen LogP contribution in [0.4, 0.5) is 11.4 Å². The minimum atomic E-state index is -0.911. The van der Waals surface area contributed by atoms with Crippen LogP contribution in [0, 0.1) is 10.1 Å². The summed E-state index contributed by atoms with van der Waals surface area (Å²) in [6, 6.07) is 26.1. The third-order valence-electron chi connectivity index (χ3n) is 7.68. The normalized spacial score (nSPS) is 18.6. The number of para-hydroxylation sites is 1. The lowest BCUT2D eigenvalue weighted by atomic mass is 9.76. The molecule has 0 amide bonds. The van der Waals surface area contributed by atoms with Crippen LogP contribution in [0.15, 0.2) is 91.0 Å². The van der Waals surface area contributed by atoms with Crippen molar-refractivity contribution >= 4 is 34.2 Å². The van der Waals surface area contributed by atoms with Crippen LogP contribution in [0.2, 0.25) is 0 Å². The summed E-state index contributed by atoms with van der Waals surface area (Å²) in [5.74, 6) is 0.192. The van der Waals surface area contributed by atoms with Crippen LogP contribution in [-0.2, 0) is 10.2 Å². The van der Waals surface area contributed by atoms with Gasteiger partial charge in [-0.3, -0.25) is 10.1 Å². The van der Waals surface area contributed by atoms with E-state index in [-0.39, 0.29) is 18.3 Å². The number of fused-ring (bicyclic) bond motifs is 3. The standard InChI is InChI=1S/C31H26N2O5/c1-30(2)26-12-5-6-13-27(26)32(31(30)17-16-22-20-23(33(35)36)14-15-28(22)38-31)18-19-37-29(34)25-11-7-9-21-8-3-4-10-24(21)25/h3-17,20H,18-19H2,1-2H3. The fourth-order valence-corrected chi connectivity index (χ4v) is 5.70. The van der Waals surface area contributed by atoms with Crippen molar-refractivity contribution in [1.82, 2.24) is 0 Å². The molecule has 0 aromatic heterocycles. The molecule has 1 unspecified atom stereocenters. The second-order valence-electron chi connectivity index (χ2n) is 10.1. The number of nitro benzene ring substituents is 1. The van der Waals surface area contributed by atoms with Gasteiger partial charge in [0.05, 0.1) is 22.4 Å². The Morgan fingerprint density at radius 3 is 2.61 bits per heavy atom. The lowest BCUT2D eigenvalue weighted by molar-refractivity contribution is -0.384. The summed E-state index contributed by atoms with van der Waals surface area (Å²) < 4.78 is 12.5. The summed E-state index contributed by atoms with van der Waals surface area (Å²) in [5, 5.41) is 13.1. The number of hydrogen-bond donors (Lipinski definition) is 0. The summed E-state index contributed by atoms with van der Waals surface area (Å²) in [5.41, 5.74) is 1.91. The molecule has 0 saturated carbocycles. The molecule has 4 aromatic carbocycles. The molecule has 6 rings (SSSR count). The second kappa shape index (κ2) is 8.73. The van der Waals surface area contributed by atoms with Gasteiger partial charge in [-0.05, 0) is 60.5 Å². The van der Waals surface area contributed by atoms with Crippen LogP contribution in [0.3, 0.4) is 0 Å². The number of benzene rings is 4. The first-order valence-electron chi connectivity index (χ1n) is 12.5. The monoisotopic (exact) mass is 506 g/mol.